The van der Waals surface area contributed by atoms with Crippen LogP contribution < -0.4 is 0 Å². The number of hydrogen-bond acceptors (Lipinski definition) is 2. The Balaban J connectivity index is 0.00000180. The van der Waals surface area contributed by atoms with Gasteiger partial charge in [-0.1, -0.05) is 37.1 Å². The highest BCUT2D eigenvalue weighted by Crippen LogP contribution is 2.49. The van der Waals surface area contributed by atoms with Gasteiger partial charge in [-0.2, -0.15) is 12.6 Å². The Morgan fingerprint density at radius 2 is 1.74 bits per heavy atom. The number of halogens is 2. The van der Waals surface area contributed by atoms with Crippen molar-refractivity contribution in [1.82, 2.24) is 4.90 Å². The van der Waals surface area contributed by atoms with Crippen LogP contribution in [0.1, 0.15) is 31.7 Å². The lowest BCUT2D eigenvalue weighted by Gasteiger charge is -2.52. The molecule has 0 saturated heterocycles. The van der Waals surface area contributed by atoms with E-state index >= 15 is 0 Å². The van der Waals surface area contributed by atoms with Crippen molar-refractivity contribution < 1.29 is 0 Å². The first kappa shape index (κ1) is 17.2. The number of benzene rings is 1. The molecule has 0 aromatic heterocycles. The van der Waals surface area contributed by atoms with Crippen LogP contribution in [0.2, 0.25) is 5.02 Å². The Morgan fingerprint density at radius 3 is 2.05 bits per heavy atom. The van der Waals surface area contributed by atoms with E-state index in [2.05, 4.69) is 38.1 Å². The lowest BCUT2D eigenvalue weighted by atomic mass is 9.59. The first-order chi connectivity index (χ1) is 8.47. The van der Waals surface area contributed by atoms with Crippen LogP contribution in [-0.2, 0) is 5.41 Å². The van der Waals surface area contributed by atoms with Crippen molar-refractivity contribution in [2.24, 2.45) is 0 Å². The van der Waals surface area contributed by atoms with Gasteiger partial charge in [0.05, 0.1) is 0 Å². The van der Waals surface area contributed by atoms with E-state index < -0.39 is 0 Å². The zero-order valence-electron chi connectivity index (χ0n) is 11.8. The third kappa shape index (κ3) is 3.24. The Bertz CT molecular complexity index is 391. The minimum Gasteiger partial charge on any atom is -0.304 e. The summed E-state index contributed by atoms with van der Waals surface area (Å²) < 4.78 is 0. The fourth-order valence-electron chi connectivity index (χ4n) is 3.48. The molecule has 19 heavy (non-hydrogen) atoms. The minimum atomic E-state index is 0. The summed E-state index contributed by atoms with van der Waals surface area (Å²) in [6, 6.07) is 8.86. The van der Waals surface area contributed by atoms with Gasteiger partial charge < -0.3 is 4.90 Å². The smallest absolute Gasteiger partial charge is 0.0406 e. The molecule has 0 bridgehead atoms. The molecule has 0 aliphatic heterocycles. The quantitative estimate of drug-likeness (QED) is 0.803. The molecule has 0 radical (unpaired) electrons. The summed E-state index contributed by atoms with van der Waals surface area (Å²) >= 11 is 10.7. The Labute approximate surface area is 133 Å². The van der Waals surface area contributed by atoms with E-state index in [0.717, 1.165) is 5.02 Å². The van der Waals surface area contributed by atoms with Crippen molar-refractivity contribution in [2.45, 2.75) is 42.9 Å². The second kappa shape index (κ2) is 6.71. The number of nitrogens with zero attached hydrogens (tertiary/aromatic N) is 1. The predicted octanol–water partition coefficient (Wildman–Crippen LogP) is 4.43. The first-order valence-electron chi connectivity index (χ1n) is 6.58. The number of hydrogen-bond donors (Lipinski definition) is 1. The van der Waals surface area contributed by atoms with Gasteiger partial charge in [0.1, 0.15) is 0 Å². The maximum Gasteiger partial charge on any atom is 0.0406 e. The van der Waals surface area contributed by atoms with E-state index in [1.54, 1.807) is 0 Å². The fraction of sp³-hybridized carbons (Fsp3) is 0.600. The molecular weight excluding hydrogens is 297 g/mol. The van der Waals surface area contributed by atoms with Gasteiger partial charge in [-0.05, 0) is 44.6 Å². The molecule has 1 fully saturated rings. The van der Waals surface area contributed by atoms with Crippen LogP contribution in [0.25, 0.3) is 0 Å². The molecule has 108 valence electrons. The molecule has 1 aromatic rings. The molecule has 0 spiro atoms. The monoisotopic (exact) mass is 319 g/mol. The lowest BCUT2D eigenvalue weighted by molar-refractivity contribution is 0.0979. The van der Waals surface area contributed by atoms with Crippen LogP contribution in [0.3, 0.4) is 0 Å². The van der Waals surface area contributed by atoms with Gasteiger partial charge in [0.15, 0.2) is 0 Å². The van der Waals surface area contributed by atoms with Gasteiger partial charge in [0, 0.05) is 21.7 Å². The largest absolute Gasteiger partial charge is 0.304 e. The molecule has 4 heteroatoms. The summed E-state index contributed by atoms with van der Waals surface area (Å²) in [5.74, 6) is 0. The Morgan fingerprint density at radius 1 is 1.21 bits per heavy atom. The van der Waals surface area contributed by atoms with Crippen LogP contribution in [-0.4, -0.2) is 30.3 Å². The molecule has 0 N–H and O–H groups in total. The van der Waals surface area contributed by atoms with Crippen molar-refractivity contribution in [3.8, 4) is 0 Å². The predicted molar refractivity (Wildman–Crippen MR) is 90.2 cm³/mol. The molecule has 1 aromatic carbocycles. The molecule has 2 rings (SSSR count). The van der Waals surface area contributed by atoms with Crippen LogP contribution in [0.15, 0.2) is 24.3 Å². The van der Waals surface area contributed by atoms with E-state index in [4.69, 9.17) is 24.2 Å². The van der Waals surface area contributed by atoms with Gasteiger partial charge >= 0.3 is 0 Å². The van der Waals surface area contributed by atoms with E-state index in [-0.39, 0.29) is 17.8 Å². The molecular formula is C15H23Cl2NS. The van der Waals surface area contributed by atoms with E-state index in [0.29, 0.717) is 11.3 Å². The average molecular weight is 320 g/mol. The molecule has 1 aliphatic carbocycles. The van der Waals surface area contributed by atoms with Gasteiger partial charge in [0.25, 0.3) is 0 Å². The molecule has 2 unspecified atom stereocenters. The number of thiol groups is 1. The SMILES string of the molecule is CC(S)C(N(C)C)C1(c2ccc(Cl)cc2)CCC1.Cl. The second-order valence-corrected chi connectivity index (χ2v) is 6.92. The second-order valence-electron chi connectivity index (χ2n) is 5.67. The molecule has 0 amide bonds. The van der Waals surface area contributed by atoms with Crippen molar-refractivity contribution >= 4 is 36.6 Å². The van der Waals surface area contributed by atoms with Crippen molar-refractivity contribution in [2.75, 3.05) is 14.1 Å². The van der Waals surface area contributed by atoms with Crippen LogP contribution >= 0.6 is 36.6 Å². The molecule has 2 atom stereocenters. The van der Waals surface area contributed by atoms with Crippen LogP contribution in [0.5, 0.6) is 0 Å². The number of rotatable bonds is 4. The zero-order chi connectivity index (χ0) is 13.3. The molecule has 1 aliphatic rings. The summed E-state index contributed by atoms with van der Waals surface area (Å²) in [5, 5.41) is 1.17. The summed E-state index contributed by atoms with van der Waals surface area (Å²) in [4.78, 5) is 2.32. The third-order valence-electron chi connectivity index (χ3n) is 4.24. The molecule has 1 nitrogen and oxygen atoms in total. The van der Waals surface area contributed by atoms with Crippen molar-refractivity contribution in [3.63, 3.8) is 0 Å². The zero-order valence-corrected chi connectivity index (χ0v) is 14.2. The van der Waals surface area contributed by atoms with Crippen molar-refractivity contribution in [1.29, 1.82) is 0 Å². The first-order valence-corrected chi connectivity index (χ1v) is 7.47. The lowest BCUT2D eigenvalue weighted by Crippen LogP contribution is -2.55. The summed E-state index contributed by atoms with van der Waals surface area (Å²) in [6.07, 6.45) is 3.82. The van der Waals surface area contributed by atoms with Gasteiger partial charge in [-0.3, -0.25) is 0 Å². The average Bonchev–Trinajstić information content (AvgIpc) is 2.23. The maximum atomic E-state index is 6.00. The highest BCUT2D eigenvalue weighted by molar-refractivity contribution is 7.81. The Hall–Kier alpha value is 0.110. The summed E-state index contributed by atoms with van der Waals surface area (Å²) in [5.41, 5.74) is 1.67. The third-order valence-corrected chi connectivity index (χ3v) is 4.78. The number of likely N-dealkylation sites (N-methyl/N-ethyl adjacent to an activating group) is 1. The van der Waals surface area contributed by atoms with Gasteiger partial charge in [-0.25, -0.2) is 0 Å². The topological polar surface area (TPSA) is 3.24 Å². The van der Waals surface area contributed by atoms with Crippen molar-refractivity contribution in [3.05, 3.63) is 34.9 Å². The maximum absolute atomic E-state index is 6.00. The minimum absolute atomic E-state index is 0. The summed E-state index contributed by atoms with van der Waals surface area (Å²) in [6.45, 7) is 2.20. The highest BCUT2D eigenvalue weighted by atomic mass is 35.5. The van der Waals surface area contributed by atoms with Gasteiger partial charge in [-0.15, -0.1) is 12.4 Å². The van der Waals surface area contributed by atoms with E-state index in [1.165, 1.54) is 24.8 Å². The fourth-order valence-corrected chi connectivity index (χ4v) is 4.16. The molecule has 1 saturated carbocycles. The Kier molecular flexibility index (Phi) is 6.06. The van der Waals surface area contributed by atoms with E-state index in [9.17, 15) is 0 Å². The van der Waals surface area contributed by atoms with Crippen LogP contribution in [0, 0.1) is 0 Å². The summed E-state index contributed by atoms with van der Waals surface area (Å²) in [7, 11) is 4.32. The van der Waals surface area contributed by atoms with Crippen LogP contribution in [0.4, 0.5) is 0 Å². The van der Waals surface area contributed by atoms with Gasteiger partial charge in [0.2, 0.25) is 0 Å². The highest BCUT2D eigenvalue weighted by Gasteiger charge is 2.47. The molecule has 0 heterocycles. The normalized spacial score (nSPS) is 20.3. The van der Waals surface area contributed by atoms with E-state index in [1.807, 2.05) is 12.1 Å². The standard InChI is InChI=1S/C15H22ClNS.ClH/c1-11(18)14(17(2)3)15(9-4-10-15)12-5-7-13(16)8-6-12;/h5-8,11,14,18H,4,9-10H2,1-3H3;1H.